The predicted octanol–water partition coefficient (Wildman–Crippen LogP) is 3.68. The summed E-state index contributed by atoms with van der Waals surface area (Å²) in [5.74, 6) is -0.834. The smallest absolute Gasteiger partial charge is 0.310 e. The van der Waals surface area contributed by atoms with Crippen LogP contribution in [0.5, 0.6) is 0 Å². The molecular weight excluding hydrogens is 314 g/mol. The van der Waals surface area contributed by atoms with Crippen LogP contribution in [0.4, 0.5) is 5.69 Å². The quantitative estimate of drug-likeness (QED) is 0.850. The SMILES string of the molecule is Cc1ccc(NC(=O)COC(=O)Cc2ccccc2C)cc1Cl. The zero-order chi connectivity index (χ0) is 16.8. The average molecular weight is 332 g/mol. The lowest BCUT2D eigenvalue weighted by molar-refractivity contribution is -0.146. The topological polar surface area (TPSA) is 55.4 Å². The van der Waals surface area contributed by atoms with E-state index in [4.69, 9.17) is 16.3 Å². The molecule has 0 heterocycles. The number of rotatable bonds is 5. The molecule has 0 aliphatic heterocycles. The summed E-state index contributed by atoms with van der Waals surface area (Å²) in [7, 11) is 0. The van der Waals surface area contributed by atoms with Crippen LogP contribution in [0.25, 0.3) is 0 Å². The van der Waals surface area contributed by atoms with Gasteiger partial charge in [0.15, 0.2) is 6.61 Å². The summed E-state index contributed by atoms with van der Waals surface area (Å²) in [6.45, 7) is 3.48. The summed E-state index contributed by atoms with van der Waals surface area (Å²) in [5.41, 5.74) is 3.40. The lowest BCUT2D eigenvalue weighted by Gasteiger charge is -2.08. The van der Waals surface area contributed by atoms with Crippen molar-refractivity contribution in [2.45, 2.75) is 20.3 Å². The molecule has 2 aromatic carbocycles. The Morgan fingerprint density at radius 1 is 1.09 bits per heavy atom. The molecule has 0 spiro atoms. The van der Waals surface area contributed by atoms with Crippen LogP contribution in [0.1, 0.15) is 16.7 Å². The lowest BCUT2D eigenvalue weighted by atomic mass is 10.1. The fraction of sp³-hybridized carbons (Fsp3) is 0.222. The number of amides is 1. The number of carbonyl (C=O) groups excluding carboxylic acids is 2. The monoisotopic (exact) mass is 331 g/mol. The maximum atomic E-state index is 11.8. The second kappa shape index (κ2) is 7.79. The van der Waals surface area contributed by atoms with E-state index in [1.54, 1.807) is 12.1 Å². The number of carbonyl (C=O) groups is 2. The van der Waals surface area contributed by atoms with Crippen LogP contribution < -0.4 is 5.32 Å². The number of hydrogen-bond acceptors (Lipinski definition) is 3. The number of benzene rings is 2. The third-order valence-electron chi connectivity index (χ3n) is 3.42. The molecule has 0 aliphatic carbocycles. The summed E-state index contributed by atoms with van der Waals surface area (Å²) < 4.78 is 5.00. The van der Waals surface area contributed by atoms with Crippen molar-refractivity contribution >= 4 is 29.2 Å². The molecule has 23 heavy (non-hydrogen) atoms. The molecule has 0 unspecified atom stereocenters. The first-order valence-corrected chi connectivity index (χ1v) is 7.59. The van der Waals surface area contributed by atoms with Crippen molar-refractivity contribution in [2.75, 3.05) is 11.9 Å². The first-order chi connectivity index (χ1) is 11.0. The number of aryl methyl sites for hydroxylation is 2. The van der Waals surface area contributed by atoms with Gasteiger partial charge in [0, 0.05) is 10.7 Å². The minimum Gasteiger partial charge on any atom is -0.455 e. The van der Waals surface area contributed by atoms with Crippen LogP contribution in [0.3, 0.4) is 0 Å². The second-order valence-electron chi connectivity index (χ2n) is 5.28. The number of hydrogen-bond donors (Lipinski definition) is 1. The number of ether oxygens (including phenoxy) is 1. The molecule has 2 rings (SSSR count). The molecule has 0 fully saturated rings. The van der Waals surface area contributed by atoms with Crippen LogP contribution in [-0.4, -0.2) is 18.5 Å². The van der Waals surface area contributed by atoms with Gasteiger partial charge in [-0.3, -0.25) is 9.59 Å². The lowest BCUT2D eigenvalue weighted by Crippen LogP contribution is -2.21. The first-order valence-electron chi connectivity index (χ1n) is 7.22. The zero-order valence-corrected chi connectivity index (χ0v) is 13.8. The van der Waals surface area contributed by atoms with Gasteiger partial charge in [-0.1, -0.05) is 41.9 Å². The maximum absolute atomic E-state index is 11.8. The van der Waals surface area contributed by atoms with E-state index >= 15 is 0 Å². The Hall–Kier alpha value is -2.33. The highest BCUT2D eigenvalue weighted by Crippen LogP contribution is 2.19. The summed E-state index contributed by atoms with van der Waals surface area (Å²) in [6.07, 6.45) is 0.149. The normalized spacial score (nSPS) is 10.2. The average Bonchev–Trinajstić information content (AvgIpc) is 2.51. The number of nitrogens with one attached hydrogen (secondary N) is 1. The molecular formula is C18H18ClNO3. The van der Waals surface area contributed by atoms with Crippen molar-refractivity contribution in [3.63, 3.8) is 0 Å². The fourth-order valence-electron chi connectivity index (χ4n) is 2.03. The largest absolute Gasteiger partial charge is 0.455 e. The Kier molecular flexibility index (Phi) is 5.77. The molecule has 1 amide bonds. The summed E-state index contributed by atoms with van der Waals surface area (Å²) >= 11 is 5.99. The van der Waals surface area contributed by atoms with Crippen LogP contribution in [0.15, 0.2) is 42.5 Å². The van der Waals surface area contributed by atoms with Gasteiger partial charge in [0.25, 0.3) is 5.91 Å². The van der Waals surface area contributed by atoms with Crippen molar-refractivity contribution in [3.8, 4) is 0 Å². The van der Waals surface area contributed by atoms with Crippen molar-refractivity contribution < 1.29 is 14.3 Å². The molecule has 120 valence electrons. The van der Waals surface area contributed by atoms with Crippen molar-refractivity contribution in [2.24, 2.45) is 0 Å². The Morgan fingerprint density at radius 2 is 1.83 bits per heavy atom. The van der Waals surface area contributed by atoms with E-state index < -0.39 is 11.9 Å². The van der Waals surface area contributed by atoms with Gasteiger partial charge in [0.2, 0.25) is 0 Å². The van der Waals surface area contributed by atoms with E-state index in [1.807, 2.05) is 44.2 Å². The second-order valence-corrected chi connectivity index (χ2v) is 5.68. The molecule has 0 bridgehead atoms. The van der Waals surface area contributed by atoms with Crippen LogP contribution in [0.2, 0.25) is 5.02 Å². The van der Waals surface area contributed by atoms with E-state index in [0.29, 0.717) is 10.7 Å². The van der Waals surface area contributed by atoms with E-state index in [9.17, 15) is 9.59 Å². The van der Waals surface area contributed by atoms with Crippen molar-refractivity contribution in [1.29, 1.82) is 0 Å². The molecule has 4 nitrogen and oxygen atoms in total. The number of anilines is 1. The highest BCUT2D eigenvalue weighted by molar-refractivity contribution is 6.31. The standard InChI is InChI=1S/C18H18ClNO3/c1-12-5-3-4-6-14(12)9-18(22)23-11-17(21)20-15-8-7-13(2)16(19)10-15/h3-8,10H,9,11H2,1-2H3,(H,20,21). The summed E-state index contributed by atoms with van der Waals surface area (Å²) in [5, 5.41) is 3.21. The Balaban J connectivity index is 1.83. The minimum atomic E-state index is -0.434. The van der Waals surface area contributed by atoms with Crippen LogP contribution in [-0.2, 0) is 20.7 Å². The zero-order valence-electron chi connectivity index (χ0n) is 13.1. The third-order valence-corrected chi connectivity index (χ3v) is 3.82. The Labute approximate surface area is 140 Å². The van der Waals surface area contributed by atoms with Gasteiger partial charge in [-0.2, -0.15) is 0 Å². The number of halogens is 1. The molecule has 0 saturated heterocycles. The van der Waals surface area contributed by atoms with E-state index in [2.05, 4.69) is 5.32 Å². The summed E-state index contributed by atoms with van der Waals surface area (Å²) in [4.78, 5) is 23.6. The van der Waals surface area contributed by atoms with Gasteiger partial charge in [-0.25, -0.2) is 0 Å². The summed E-state index contributed by atoms with van der Waals surface area (Å²) in [6, 6.07) is 12.8. The molecule has 0 saturated carbocycles. The maximum Gasteiger partial charge on any atom is 0.310 e. The van der Waals surface area contributed by atoms with Gasteiger partial charge < -0.3 is 10.1 Å². The van der Waals surface area contributed by atoms with Crippen molar-refractivity contribution in [3.05, 3.63) is 64.2 Å². The molecule has 0 aromatic heterocycles. The Bertz CT molecular complexity index is 728. The van der Waals surface area contributed by atoms with Crippen LogP contribution >= 0.6 is 11.6 Å². The highest BCUT2D eigenvalue weighted by atomic mass is 35.5. The van der Waals surface area contributed by atoms with Gasteiger partial charge in [-0.05, 0) is 42.7 Å². The first kappa shape index (κ1) is 17.0. The highest BCUT2D eigenvalue weighted by Gasteiger charge is 2.10. The van der Waals surface area contributed by atoms with E-state index in [0.717, 1.165) is 16.7 Å². The van der Waals surface area contributed by atoms with Crippen molar-refractivity contribution in [1.82, 2.24) is 0 Å². The molecule has 2 aromatic rings. The minimum absolute atomic E-state index is 0.149. The predicted molar refractivity (Wildman–Crippen MR) is 90.7 cm³/mol. The van der Waals surface area contributed by atoms with Gasteiger partial charge in [0.05, 0.1) is 6.42 Å². The molecule has 0 radical (unpaired) electrons. The molecule has 0 atom stereocenters. The fourth-order valence-corrected chi connectivity index (χ4v) is 2.21. The van der Waals surface area contributed by atoms with E-state index in [-0.39, 0.29) is 13.0 Å². The van der Waals surface area contributed by atoms with Gasteiger partial charge in [-0.15, -0.1) is 0 Å². The third kappa shape index (κ3) is 5.11. The molecule has 1 N–H and O–H groups in total. The van der Waals surface area contributed by atoms with Crippen LogP contribution in [0, 0.1) is 13.8 Å². The molecule has 5 heteroatoms. The van der Waals surface area contributed by atoms with Gasteiger partial charge in [0.1, 0.15) is 0 Å². The molecule has 0 aliphatic rings. The number of esters is 1. The van der Waals surface area contributed by atoms with E-state index in [1.165, 1.54) is 0 Å². The Morgan fingerprint density at radius 3 is 2.52 bits per heavy atom. The van der Waals surface area contributed by atoms with Gasteiger partial charge >= 0.3 is 5.97 Å².